The molecule has 0 unspecified atom stereocenters. The van der Waals surface area contributed by atoms with Crippen LogP contribution in [0.4, 0.5) is 0 Å². The molecule has 4 saturated carbocycles. The van der Waals surface area contributed by atoms with Crippen LogP contribution >= 0.6 is 0 Å². The number of aldehydes is 1. The second-order valence-corrected chi connectivity index (χ2v) is 11.7. The highest BCUT2D eigenvalue weighted by atomic mass is 16.7. The van der Waals surface area contributed by atoms with Crippen molar-refractivity contribution in [1.29, 1.82) is 0 Å². The van der Waals surface area contributed by atoms with E-state index in [1.165, 1.54) is 76.9 Å². The summed E-state index contributed by atoms with van der Waals surface area (Å²) >= 11 is 0. The first-order valence-corrected chi connectivity index (χ1v) is 12.8. The second kappa shape index (κ2) is 7.93. The second-order valence-electron chi connectivity index (χ2n) is 11.7. The van der Waals surface area contributed by atoms with Crippen molar-refractivity contribution in [2.75, 3.05) is 6.61 Å². The van der Waals surface area contributed by atoms with Gasteiger partial charge in [0.15, 0.2) is 6.29 Å². The molecular weight excluding hydrogens is 360 g/mol. The fourth-order valence-electron chi connectivity index (χ4n) is 8.99. The highest BCUT2D eigenvalue weighted by Gasteiger charge is 2.60. The maximum Gasteiger partial charge on any atom is 0.157 e. The van der Waals surface area contributed by atoms with Gasteiger partial charge in [0.25, 0.3) is 0 Å². The van der Waals surface area contributed by atoms with Crippen molar-refractivity contribution in [2.24, 2.45) is 40.4 Å². The first-order chi connectivity index (χ1) is 14.0. The van der Waals surface area contributed by atoms with Gasteiger partial charge in [0.2, 0.25) is 0 Å². The zero-order chi connectivity index (χ0) is 20.1. The Hall–Kier alpha value is -0.410. The van der Waals surface area contributed by atoms with E-state index < -0.39 is 0 Å². The molecule has 3 heteroatoms. The molecule has 1 heterocycles. The van der Waals surface area contributed by atoms with Crippen molar-refractivity contribution >= 4 is 6.29 Å². The Morgan fingerprint density at radius 1 is 0.931 bits per heavy atom. The molecule has 9 atom stereocenters. The molecule has 0 spiro atoms. The summed E-state index contributed by atoms with van der Waals surface area (Å²) in [5.74, 6) is 4.17. The van der Waals surface area contributed by atoms with Crippen molar-refractivity contribution in [3.05, 3.63) is 0 Å². The van der Waals surface area contributed by atoms with Gasteiger partial charge in [-0.1, -0.05) is 13.8 Å². The number of ether oxygens (including phenoxy) is 2. The van der Waals surface area contributed by atoms with Gasteiger partial charge in [0.05, 0.1) is 6.10 Å². The minimum atomic E-state index is 0.0677. The van der Waals surface area contributed by atoms with Crippen molar-refractivity contribution in [3.63, 3.8) is 0 Å². The zero-order valence-corrected chi connectivity index (χ0v) is 18.7. The van der Waals surface area contributed by atoms with E-state index in [9.17, 15) is 4.79 Å². The Labute approximate surface area is 177 Å². The molecule has 3 nitrogen and oxygen atoms in total. The smallest absolute Gasteiger partial charge is 0.157 e. The maximum absolute atomic E-state index is 11.3. The van der Waals surface area contributed by atoms with Crippen LogP contribution in [-0.4, -0.2) is 25.3 Å². The molecule has 1 aliphatic heterocycles. The van der Waals surface area contributed by atoms with Crippen molar-refractivity contribution in [3.8, 4) is 0 Å². The summed E-state index contributed by atoms with van der Waals surface area (Å²) in [6.07, 6.45) is 18.1. The lowest BCUT2D eigenvalue weighted by Gasteiger charge is -2.61. The SMILES string of the molecule is C[C@]12CC[C@@H](O[C@@H]3CCCCO3)C[C@@H]1CC[C@@H]1[C@@H]2CC[C@]2(C)[C@@H](CC=O)CC[C@@H]12. The summed E-state index contributed by atoms with van der Waals surface area (Å²) in [5.41, 5.74) is 0.949. The minimum absolute atomic E-state index is 0.0677. The predicted molar refractivity (Wildman–Crippen MR) is 114 cm³/mol. The van der Waals surface area contributed by atoms with Gasteiger partial charge in [-0.25, -0.2) is 0 Å². The lowest BCUT2D eigenvalue weighted by atomic mass is 9.44. The van der Waals surface area contributed by atoms with Gasteiger partial charge >= 0.3 is 0 Å². The summed E-state index contributed by atoms with van der Waals surface area (Å²) in [4.78, 5) is 11.3. The Morgan fingerprint density at radius 2 is 1.76 bits per heavy atom. The number of hydrogen-bond donors (Lipinski definition) is 0. The van der Waals surface area contributed by atoms with E-state index >= 15 is 0 Å². The summed E-state index contributed by atoms with van der Waals surface area (Å²) in [6.45, 7) is 6.06. The highest BCUT2D eigenvalue weighted by Crippen LogP contribution is 2.67. The lowest BCUT2D eigenvalue weighted by molar-refractivity contribution is -0.212. The fraction of sp³-hybridized carbons (Fsp3) is 0.962. The number of hydrogen-bond acceptors (Lipinski definition) is 3. The molecule has 0 radical (unpaired) electrons. The van der Waals surface area contributed by atoms with E-state index in [0.29, 0.717) is 22.9 Å². The average Bonchev–Trinajstić information content (AvgIpc) is 3.06. The normalized spacial score (nSPS) is 52.3. The van der Waals surface area contributed by atoms with E-state index in [0.717, 1.165) is 43.1 Å². The molecule has 0 aromatic rings. The monoisotopic (exact) mass is 402 g/mol. The molecule has 1 saturated heterocycles. The predicted octanol–water partition coefficient (Wildman–Crippen LogP) is 6.15. The van der Waals surface area contributed by atoms with Crippen LogP contribution in [0.2, 0.25) is 0 Å². The standard InChI is InChI=1S/C26H42O3/c1-25-14-11-23-21(22(25)9-7-18(25)12-15-27)8-6-19-17-20(10-13-26(19,23)2)29-24-5-3-4-16-28-24/h15,18-24H,3-14,16-17H2,1-2H3/t18-,19+,20-,21+,22+,23+,24-,25-,26+/m1/s1. The number of rotatable bonds is 4. The Balaban J connectivity index is 1.27. The van der Waals surface area contributed by atoms with Crippen LogP contribution in [0.3, 0.4) is 0 Å². The van der Waals surface area contributed by atoms with Crippen LogP contribution in [0.1, 0.15) is 97.3 Å². The van der Waals surface area contributed by atoms with Gasteiger partial charge in [0.1, 0.15) is 6.29 Å². The first-order valence-electron chi connectivity index (χ1n) is 12.8. The maximum atomic E-state index is 11.3. The van der Waals surface area contributed by atoms with E-state index in [2.05, 4.69) is 13.8 Å². The van der Waals surface area contributed by atoms with Crippen LogP contribution in [-0.2, 0) is 14.3 Å². The third-order valence-corrected chi connectivity index (χ3v) is 10.7. The van der Waals surface area contributed by atoms with E-state index in [4.69, 9.17) is 9.47 Å². The summed E-state index contributed by atoms with van der Waals surface area (Å²) in [5, 5.41) is 0. The molecule has 0 aromatic carbocycles. The zero-order valence-electron chi connectivity index (χ0n) is 18.7. The number of carbonyl (C=O) groups excluding carboxylic acids is 1. The molecule has 164 valence electrons. The van der Waals surface area contributed by atoms with Crippen LogP contribution in [0.15, 0.2) is 0 Å². The Kier molecular flexibility index (Phi) is 5.60. The minimum Gasteiger partial charge on any atom is -0.353 e. The molecule has 5 fully saturated rings. The first kappa shape index (κ1) is 20.5. The van der Waals surface area contributed by atoms with Gasteiger partial charge in [-0.3, -0.25) is 0 Å². The van der Waals surface area contributed by atoms with Crippen LogP contribution in [0, 0.1) is 40.4 Å². The summed E-state index contributed by atoms with van der Waals surface area (Å²) in [7, 11) is 0. The van der Waals surface area contributed by atoms with Gasteiger partial charge in [-0.05, 0) is 117 Å². The number of fused-ring (bicyclic) bond motifs is 5. The molecule has 5 rings (SSSR count). The van der Waals surface area contributed by atoms with Crippen molar-refractivity contribution in [1.82, 2.24) is 0 Å². The molecule has 0 N–H and O–H groups in total. The Bertz CT molecular complexity index is 599. The van der Waals surface area contributed by atoms with Gasteiger partial charge < -0.3 is 14.3 Å². The Morgan fingerprint density at radius 3 is 2.55 bits per heavy atom. The third-order valence-electron chi connectivity index (χ3n) is 10.7. The van der Waals surface area contributed by atoms with E-state index in [1.54, 1.807) is 0 Å². The topological polar surface area (TPSA) is 35.5 Å². The van der Waals surface area contributed by atoms with Crippen LogP contribution in [0.25, 0.3) is 0 Å². The average molecular weight is 403 g/mol. The third kappa shape index (κ3) is 3.43. The molecule has 4 aliphatic carbocycles. The largest absolute Gasteiger partial charge is 0.353 e. The molecule has 0 aromatic heterocycles. The molecular formula is C26H42O3. The van der Waals surface area contributed by atoms with Crippen LogP contribution in [0.5, 0.6) is 0 Å². The van der Waals surface area contributed by atoms with E-state index in [1.807, 2.05) is 0 Å². The summed E-state index contributed by atoms with van der Waals surface area (Å²) < 4.78 is 12.3. The highest BCUT2D eigenvalue weighted by molar-refractivity contribution is 5.50. The van der Waals surface area contributed by atoms with Gasteiger partial charge in [-0.15, -0.1) is 0 Å². The van der Waals surface area contributed by atoms with Crippen LogP contribution < -0.4 is 0 Å². The molecule has 0 bridgehead atoms. The molecule has 29 heavy (non-hydrogen) atoms. The fourth-order valence-corrected chi connectivity index (χ4v) is 8.99. The van der Waals surface area contributed by atoms with Gasteiger partial charge in [-0.2, -0.15) is 0 Å². The quantitative estimate of drug-likeness (QED) is 0.418. The molecule has 0 amide bonds. The summed E-state index contributed by atoms with van der Waals surface area (Å²) in [6, 6.07) is 0. The van der Waals surface area contributed by atoms with Gasteiger partial charge in [0, 0.05) is 13.0 Å². The van der Waals surface area contributed by atoms with Crippen molar-refractivity contribution in [2.45, 2.75) is 110 Å². The lowest BCUT2D eigenvalue weighted by Crippen LogP contribution is -2.54. The van der Waals surface area contributed by atoms with E-state index in [-0.39, 0.29) is 6.29 Å². The number of carbonyl (C=O) groups is 1. The molecule has 5 aliphatic rings. The van der Waals surface area contributed by atoms with Crippen molar-refractivity contribution < 1.29 is 14.3 Å².